The summed E-state index contributed by atoms with van der Waals surface area (Å²) in [5.74, 6) is 0. The highest BCUT2D eigenvalue weighted by Gasteiger charge is 2.18. The zero-order valence-electron chi connectivity index (χ0n) is 15.7. The number of rotatable bonds is 6. The van der Waals surface area contributed by atoms with Gasteiger partial charge in [0.2, 0.25) is 0 Å². The number of carbonyl (C=O) groups is 1. The predicted octanol–water partition coefficient (Wildman–Crippen LogP) is 3.53. The third-order valence-corrected chi connectivity index (χ3v) is 4.04. The fraction of sp³-hybridized carbons (Fsp3) is 0.389. The zero-order valence-corrected chi connectivity index (χ0v) is 17.3. The minimum absolute atomic E-state index is 0.263. The van der Waals surface area contributed by atoms with Gasteiger partial charge in [-0.15, -0.1) is 0 Å². The summed E-state index contributed by atoms with van der Waals surface area (Å²) in [5, 5.41) is 6.14. The molecular weight excluding hydrogens is 438 g/mol. The molecule has 1 amide bonds. The SMILES string of the molecule is CC(C)(C)OC(=O)NCC(Cn1ncn(Cc2ccc(Br)cc2)c1=O)=C(F)F. The van der Waals surface area contributed by atoms with Crippen molar-refractivity contribution in [1.29, 1.82) is 0 Å². The molecule has 0 bridgehead atoms. The standard InChI is InChI=1S/C18H21BrF2N4O3/c1-18(2,3)28-16(26)22-8-13(15(20)21)10-25-17(27)24(11-23-25)9-12-4-6-14(19)7-5-12/h4-7,11H,8-10H2,1-3H3,(H,22,26). The average Bonchev–Trinajstić information content (AvgIpc) is 2.92. The monoisotopic (exact) mass is 458 g/mol. The van der Waals surface area contributed by atoms with E-state index in [0.717, 1.165) is 14.7 Å². The fourth-order valence-corrected chi connectivity index (χ4v) is 2.50. The number of hydrogen-bond acceptors (Lipinski definition) is 4. The quantitative estimate of drug-likeness (QED) is 0.717. The Morgan fingerprint density at radius 1 is 1.25 bits per heavy atom. The van der Waals surface area contributed by atoms with Crippen molar-refractivity contribution in [3.63, 3.8) is 0 Å². The third-order valence-electron chi connectivity index (χ3n) is 3.52. The third kappa shape index (κ3) is 6.59. The summed E-state index contributed by atoms with van der Waals surface area (Å²) in [7, 11) is 0. The van der Waals surface area contributed by atoms with Crippen molar-refractivity contribution < 1.29 is 18.3 Å². The minimum Gasteiger partial charge on any atom is -0.444 e. The number of alkyl carbamates (subject to hydrolysis) is 1. The van der Waals surface area contributed by atoms with Gasteiger partial charge in [-0.2, -0.15) is 13.9 Å². The van der Waals surface area contributed by atoms with E-state index in [-0.39, 0.29) is 6.54 Å². The van der Waals surface area contributed by atoms with Gasteiger partial charge >= 0.3 is 11.8 Å². The molecule has 0 saturated carbocycles. The molecule has 152 valence electrons. The van der Waals surface area contributed by atoms with Gasteiger partial charge in [-0.25, -0.2) is 14.3 Å². The number of ether oxygens (including phenoxy) is 1. The second-order valence-corrected chi connectivity index (χ2v) is 7.96. The topological polar surface area (TPSA) is 78.2 Å². The fourth-order valence-electron chi connectivity index (χ4n) is 2.23. The Morgan fingerprint density at radius 2 is 1.89 bits per heavy atom. The molecule has 0 radical (unpaired) electrons. The van der Waals surface area contributed by atoms with Crippen LogP contribution in [-0.2, 0) is 17.8 Å². The van der Waals surface area contributed by atoms with Gasteiger partial charge < -0.3 is 10.1 Å². The van der Waals surface area contributed by atoms with Crippen LogP contribution in [0.2, 0.25) is 0 Å². The molecule has 0 aliphatic heterocycles. The molecule has 2 aromatic rings. The number of aromatic nitrogens is 3. The molecule has 0 saturated heterocycles. The van der Waals surface area contributed by atoms with Crippen molar-refractivity contribution >= 4 is 22.0 Å². The van der Waals surface area contributed by atoms with Crippen molar-refractivity contribution in [2.45, 2.75) is 39.5 Å². The smallest absolute Gasteiger partial charge is 0.407 e. The molecule has 7 nitrogen and oxygen atoms in total. The molecule has 0 fully saturated rings. The second kappa shape index (κ2) is 9.13. The maximum atomic E-state index is 13.2. The van der Waals surface area contributed by atoms with E-state index < -0.39 is 42.1 Å². The Kier molecular flexibility index (Phi) is 7.11. The minimum atomic E-state index is -1.98. The van der Waals surface area contributed by atoms with Crippen LogP contribution >= 0.6 is 15.9 Å². The van der Waals surface area contributed by atoms with E-state index in [0.29, 0.717) is 0 Å². The summed E-state index contributed by atoms with van der Waals surface area (Å²) in [6.45, 7) is 4.36. The van der Waals surface area contributed by atoms with Crippen LogP contribution in [0.4, 0.5) is 13.6 Å². The van der Waals surface area contributed by atoms with E-state index in [2.05, 4.69) is 26.3 Å². The lowest BCUT2D eigenvalue weighted by atomic mass is 10.2. The highest BCUT2D eigenvalue weighted by molar-refractivity contribution is 9.10. The Morgan fingerprint density at radius 3 is 2.46 bits per heavy atom. The van der Waals surface area contributed by atoms with Crippen LogP contribution in [0.25, 0.3) is 0 Å². The molecular formula is C18H21BrF2N4O3. The van der Waals surface area contributed by atoms with Gasteiger partial charge in [0.25, 0.3) is 6.08 Å². The predicted molar refractivity (Wildman–Crippen MR) is 103 cm³/mol. The number of halogens is 3. The van der Waals surface area contributed by atoms with E-state index in [9.17, 15) is 18.4 Å². The Hall–Kier alpha value is -2.49. The first-order valence-corrected chi connectivity index (χ1v) is 9.21. The van der Waals surface area contributed by atoms with E-state index in [1.165, 1.54) is 10.9 Å². The van der Waals surface area contributed by atoms with Crippen LogP contribution in [0, 0.1) is 0 Å². The lowest BCUT2D eigenvalue weighted by Gasteiger charge is -2.19. The average molecular weight is 459 g/mol. The largest absolute Gasteiger partial charge is 0.444 e. The van der Waals surface area contributed by atoms with Crippen LogP contribution < -0.4 is 11.0 Å². The van der Waals surface area contributed by atoms with Crippen molar-refractivity contribution in [3.8, 4) is 0 Å². The number of benzene rings is 1. The molecule has 1 aromatic carbocycles. The van der Waals surface area contributed by atoms with E-state index >= 15 is 0 Å². The second-order valence-electron chi connectivity index (χ2n) is 7.04. The van der Waals surface area contributed by atoms with Crippen molar-refractivity contribution in [1.82, 2.24) is 19.7 Å². The number of amides is 1. The maximum absolute atomic E-state index is 13.2. The number of carbonyl (C=O) groups excluding carboxylic acids is 1. The molecule has 1 aromatic heterocycles. The molecule has 2 rings (SSSR count). The Balaban J connectivity index is 2.05. The zero-order chi connectivity index (χ0) is 20.9. The number of nitrogens with one attached hydrogen (secondary N) is 1. The van der Waals surface area contributed by atoms with Crippen LogP contribution in [0.5, 0.6) is 0 Å². The van der Waals surface area contributed by atoms with Crippen molar-refractivity contribution in [2.75, 3.05) is 6.54 Å². The molecule has 10 heteroatoms. The summed E-state index contributed by atoms with van der Waals surface area (Å²) in [6, 6.07) is 7.36. The molecule has 1 N–H and O–H groups in total. The molecule has 0 aliphatic carbocycles. The summed E-state index contributed by atoms with van der Waals surface area (Å²) in [4.78, 5) is 24.0. The van der Waals surface area contributed by atoms with Gasteiger partial charge in [0, 0.05) is 16.6 Å². The van der Waals surface area contributed by atoms with Crippen LogP contribution in [0.15, 0.2) is 51.5 Å². The summed E-state index contributed by atoms with van der Waals surface area (Å²) in [6.07, 6.45) is -1.51. The molecule has 0 spiro atoms. The summed E-state index contributed by atoms with van der Waals surface area (Å²) in [5.41, 5.74) is -0.838. The lowest BCUT2D eigenvalue weighted by Crippen LogP contribution is -2.35. The Labute approximate surface area is 169 Å². The first kappa shape index (κ1) is 21.8. The van der Waals surface area contributed by atoms with E-state index in [1.807, 2.05) is 24.3 Å². The van der Waals surface area contributed by atoms with Gasteiger partial charge in [-0.05, 0) is 38.5 Å². The summed E-state index contributed by atoms with van der Waals surface area (Å²) >= 11 is 3.33. The molecule has 0 aliphatic rings. The van der Waals surface area contributed by atoms with Gasteiger partial charge in [0.1, 0.15) is 11.9 Å². The van der Waals surface area contributed by atoms with Crippen LogP contribution in [0.3, 0.4) is 0 Å². The van der Waals surface area contributed by atoms with Crippen molar-refractivity contribution in [2.24, 2.45) is 0 Å². The van der Waals surface area contributed by atoms with Gasteiger partial charge in [0.15, 0.2) is 0 Å². The normalized spacial score (nSPS) is 11.2. The van der Waals surface area contributed by atoms with Crippen LogP contribution in [0.1, 0.15) is 26.3 Å². The number of hydrogen-bond donors (Lipinski definition) is 1. The highest BCUT2D eigenvalue weighted by atomic mass is 79.9. The van der Waals surface area contributed by atoms with Gasteiger partial charge in [-0.3, -0.25) is 4.57 Å². The molecule has 1 heterocycles. The molecule has 0 atom stereocenters. The highest BCUT2D eigenvalue weighted by Crippen LogP contribution is 2.12. The van der Waals surface area contributed by atoms with Gasteiger partial charge in [-0.1, -0.05) is 28.1 Å². The Bertz CT molecular complexity index is 910. The first-order chi connectivity index (χ1) is 13.0. The first-order valence-electron chi connectivity index (χ1n) is 8.42. The summed E-state index contributed by atoms with van der Waals surface area (Å²) < 4.78 is 34.6. The molecule has 28 heavy (non-hydrogen) atoms. The van der Waals surface area contributed by atoms with Crippen LogP contribution in [-0.4, -0.2) is 32.6 Å². The van der Waals surface area contributed by atoms with E-state index in [1.54, 1.807) is 20.8 Å². The molecule has 0 unspecified atom stereocenters. The van der Waals surface area contributed by atoms with Crippen molar-refractivity contribution in [3.05, 3.63) is 62.8 Å². The maximum Gasteiger partial charge on any atom is 0.407 e. The van der Waals surface area contributed by atoms with E-state index in [4.69, 9.17) is 4.74 Å². The lowest BCUT2D eigenvalue weighted by molar-refractivity contribution is 0.0531. The van der Waals surface area contributed by atoms with Gasteiger partial charge in [0.05, 0.1) is 13.1 Å². The number of nitrogens with zero attached hydrogens (tertiary/aromatic N) is 3.